The van der Waals surface area contributed by atoms with E-state index in [-0.39, 0.29) is 38.0 Å². The molecule has 28 heavy (non-hydrogen) atoms. The van der Waals surface area contributed by atoms with Crippen molar-refractivity contribution in [2.75, 3.05) is 26.4 Å². The monoisotopic (exact) mass is 404 g/mol. The highest BCUT2D eigenvalue weighted by molar-refractivity contribution is 6.37. The van der Waals surface area contributed by atoms with Crippen LogP contribution in [0.3, 0.4) is 0 Å². The van der Waals surface area contributed by atoms with Crippen LogP contribution in [-0.2, 0) is 23.9 Å². The Balaban J connectivity index is -0.000000431. The number of rotatable bonds is 15. The largest absolute Gasteiger partial charge is 0.460 e. The van der Waals surface area contributed by atoms with Crippen molar-refractivity contribution in [3.63, 3.8) is 0 Å². The Hall–Kier alpha value is -1.90. The molecule has 0 aromatic heterocycles. The van der Waals surface area contributed by atoms with E-state index in [1.807, 2.05) is 6.92 Å². The maximum atomic E-state index is 11.3. The molecule has 0 fully saturated rings. The van der Waals surface area contributed by atoms with Crippen molar-refractivity contribution in [1.29, 1.82) is 0 Å². The zero-order valence-corrected chi connectivity index (χ0v) is 16.9. The van der Waals surface area contributed by atoms with Crippen molar-refractivity contribution in [1.82, 2.24) is 0 Å². The van der Waals surface area contributed by atoms with Gasteiger partial charge in [0.05, 0.1) is 6.61 Å². The van der Waals surface area contributed by atoms with Gasteiger partial charge in [-0.2, -0.15) is 0 Å². The number of unbranched alkanes of at least 4 members (excludes halogenated alkanes) is 4. The van der Waals surface area contributed by atoms with Gasteiger partial charge in [0.2, 0.25) is 0 Å². The summed E-state index contributed by atoms with van der Waals surface area (Å²) >= 11 is 0. The van der Waals surface area contributed by atoms with E-state index in [2.05, 4.69) is 11.3 Å². The summed E-state index contributed by atoms with van der Waals surface area (Å²) in [4.78, 5) is 41.9. The lowest BCUT2D eigenvalue weighted by Crippen LogP contribution is -2.13. The molecule has 164 valence electrons. The van der Waals surface area contributed by atoms with Gasteiger partial charge in [-0.1, -0.05) is 26.3 Å². The molecule has 0 saturated heterocycles. The molecular weight excluding hydrogens is 368 g/mol. The number of carbonyl (C=O) groups is 4. The molecule has 0 radical (unpaired) electrons. The van der Waals surface area contributed by atoms with Crippen LogP contribution >= 0.6 is 0 Å². The first kappa shape index (κ1) is 30.8. The number of hydrogen-bond donors (Lipinski definition) is 3. The first-order chi connectivity index (χ1) is 13.4. The van der Waals surface area contributed by atoms with Crippen molar-refractivity contribution in [3.05, 3.63) is 12.7 Å². The van der Waals surface area contributed by atoms with Gasteiger partial charge in [0.25, 0.3) is 0 Å². The van der Waals surface area contributed by atoms with Gasteiger partial charge < -0.3 is 24.9 Å². The van der Waals surface area contributed by atoms with Gasteiger partial charge in [-0.15, -0.1) is 0 Å². The van der Waals surface area contributed by atoms with E-state index in [4.69, 9.17) is 15.3 Å². The van der Waals surface area contributed by atoms with Gasteiger partial charge in [-0.05, 0) is 25.7 Å². The Morgan fingerprint density at radius 1 is 0.821 bits per heavy atom. The molecule has 0 atom stereocenters. The van der Waals surface area contributed by atoms with Gasteiger partial charge in [-0.3, -0.25) is 9.59 Å². The van der Waals surface area contributed by atoms with Gasteiger partial charge in [0, 0.05) is 38.6 Å². The molecule has 0 saturated carbocycles. The average molecular weight is 405 g/mol. The number of aliphatic hydroxyl groups excluding tert-OH is 3. The number of carbonyl (C=O) groups excluding carboxylic acids is 4. The van der Waals surface area contributed by atoms with Gasteiger partial charge in [0.15, 0.2) is 11.6 Å². The number of esters is 1. The molecule has 0 rings (SSSR count). The molecule has 8 nitrogen and oxygen atoms in total. The molecule has 0 aliphatic heterocycles. The van der Waals surface area contributed by atoms with E-state index in [1.165, 1.54) is 0 Å². The lowest BCUT2D eigenvalue weighted by molar-refractivity contribution is -0.138. The molecule has 0 bridgehead atoms. The Morgan fingerprint density at radius 3 is 1.54 bits per heavy atom. The molecule has 0 aromatic carbocycles. The fourth-order valence-electron chi connectivity index (χ4n) is 1.63. The average Bonchev–Trinajstić information content (AvgIpc) is 2.72. The highest BCUT2D eigenvalue weighted by atomic mass is 16.5. The molecule has 0 aliphatic carbocycles. The van der Waals surface area contributed by atoms with E-state index < -0.39 is 5.97 Å². The van der Waals surface area contributed by atoms with Crippen LogP contribution < -0.4 is 0 Å². The summed E-state index contributed by atoms with van der Waals surface area (Å²) in [5.74, 6) is -1.08. The van der Waals surface area contributed by atoms with E-state index in [9.17, 15) is 19.2 Å². The van der Waals surface area contributed by atoms with E-state index in [0.717, 1.165) is 25.2 Å². The summed E-state index contributed by atoms with van der Waals surface area (Å²) < 4.78 is 4.33. The minimum absolute atomic E-state index is 0.0465. The molecule has 0 aromatic rings. The molecule has 0 unspecified atom stereocenters. The maximum Gasteiger partial charge on any atom is 0.330 e. The normalized spacial score (nSPS) is 9.14. The lowest BCUT2D eigenvalue weighted by Gasteiger charge is -2.00. The lowest BCUT2D eigenvalue weighted by atomic mass is 10.0. The molecule has 3 N–H and O–H groups in total. The highest BCUT2D eigenvalue weighted by Crippen LogP contribution is 2.05. The Bertz CT molecular complexity index is 385. The predicted molar refractivity (Wildman–Crippen MR) is 106 cm³/mol. The number of hydrogen-bond acceptors (Lipinski definition) is 8. The van der Waals surface area contributed by atoms with Crippen LogP contribution in [0.15, 0.2) is 12.7 Å². The topological polar surface area (TPSA) is 138 Å². The third kappa shape index (κ3) is 28.9. The second kappa shape index (κ2) is 27.3. The summed E-state index contributed by atoms with van der Waals surface area (Å²) in [5, 5.41) is 25.2. The molecule has 0 amide bonds. The minimum Gasteiger partial charge on any atom is -0.460 e. The van der Waals surface area contributed by atoms with E-state index in [1.54, 1.807) is 0 Å². The highest BCUT2D eigenvalue weighted by Gasteiger charge is 2.12. The Labute approximate surface area is 167 Å². The zero-order chi connectivity index (χ0) is 22.0. The quantitative estimate of drug-likeness (QED) is 0.123. The van der Waals surface area contributed by atoms with Crippen LogP contribution in [0.4, 0.5) is 0 Å². The number of aliphatic hydroxyl groups is 3. The molecule has 0 spiro atoms. The third-order valence-corrected chi connectivity index (χ3v) is 3.10. The van der Waals surface area contributed by atoms with Crippen LogP contribution in [0.5, 0.6) is 0 Å². The van der Waals surface area contributed by atoms with E-state index in [0.29, 0.717) is 44.9 Å². The van der Waals surface area contributed by atoms with Crippen LogP contribution in [-0.4, -0.2) is 65.6 Å². The summed E-state index contributed by atoms with van der Waals surface area (Å²) in [6.07, 6.45) is 7.51. The zero-order valence-electron chi connectivity index (χ0n) is 16.9. The second-order valence-electron chi connectivity index (χ2n) is 5.59. The van der Waals surface area contributed by atoms with Crippen LogP contribution in [0.25, 0.3) is 0 Å². The molecule has 0 aliphatic rings. The smallest absolute Gasteiger partial charge is 0.330 e. The molecular formula is C20H36O8. The fourth-order valence-corrected chi connectivity index (χ4v) is 1.63. The predicted octanol–water partition coefficient (Wildman–Crippen LogP) is 1.53. The number of aldehydes is 1. The third-order valence-electron chi connectivity index (χ3n) is 3.10. The number of Topliss-reactive ketones (excluding diaryl/α,β-unsaturated/α-hetero) is 2. The second-order valence-corrected chi connectivity index (χ2v) is 5.59. The first-order valence-electron chi connectivity index (χ1n) is 9.56. The minimum atomic E-state index is -0.501. The van der Waals surface area contributed by atoms with Gasteiger partial charge >= 0.3 is 5.97 Å². The van der Waals surface area contributed by atoms with Crippen molar-refractivity contribution in [3.8, 4) is 0 Å². The Kier molecular flexibility index (Phi) is 30.1. The fraction of sp³-hybridized carbons (Fsp3) is 0.700. The summed E-state index contributed by atoms with van der Waals surface area (Å²) in [6.45, 7) is 5.16. The van der Waals surface area contributed by atoms with Crippen molar-refractivity contribution in [2.24, 2.45) is 0 Å². The van der Waals surface area contributed by atoms with Gasteiger partial charge in [-0.25, -0.2) is 4.79 Å². The van der Waals surface area contributed by atoms with Crippen molar-refractivity contribution in [2.45, 2.75) is 64.7 Å². The molecule has 8 heteroatoms. The van der Waals surface area contributed by atoms with Crippen LogP contribution in [0.1, 0.15) is 64.7 Å². The van der Waals surface area contributed by atoms with Crippen LogP contribution in [0.2, 0.25) is 0 Å². The molecule has 0 heterocycles. The van der Waals surface area contributed by atoms with Crippen molar-refractivity contribution < 1.29 is 39.2 Å². The van der Waals surface area contributed by atoms with Gasteiger partial charge in [0.1, 0.15) is 12.9 Å². The van der Waals surface area contributed by atoms with Crippen LogP contribution in [0, 0.1) is 0 Å². The Morgan fingerprint density at radius 2 is 1.25 bits per heavy atom. The summed E-state index contributed by atoms with van der Waals surface area (Å²) in [6, 6.07) is 0. The van der Waals surface area contributed by atoms with Crippen molar-refractivity contribution >= 4 is 23.8 Å². The standard InChI is InChI=1S/C12H22O4.C5H8O3.C3H6O/c13-9-5-1-3-7-11(15)12(16)8-4-2-6-10-14;1-2-5(7)8-4-3-6;1-2-3-4/h13-14H,1-10H2;2,6H,1,3-4H2;3H,2H2,1H3. The number of ether oxygens (including phenoxy) is 1. The SMILES string of the molecule is C=CC(=O)OCCO.CCC=O.O=C(CCCCCO)C(=O)CCCCCO. The first-order valence-corrected chi connectivity index (χ1v) is 9.56. The number of ketones is 2. The maximum absolute atomic E-state index is 11.3. The van der Waals surface area contributed by atoms with E-state index >= 15 is 0 Å². The summed E-state index contributed by atoms with van der Waals surface area (Å²) in [5.41, 5.74) is 0. The summed E-state index contributed by atoms with van der Waals surface area (Å²) in [7, 11) is 0.